The third-order valence-corrected chi connectivity index (χ3v) is 6.29. The molecule has 0 rings (SSSR count). The van der Waals surface area contributed by atoms with Crippen molar-refractivity contribution >= 4 is 34.0 Å². The molecular formula is C27H60Br2N2. The molecule has 2 atom stereocenters. The van der Waals surface area contributed by atoms with Gasteiger partial charge in [-0.2, -0.15) is 0 Å². The number of rotatable bonds is 24. The molecule has 0 heterocycles. The summed E-state index contributed by atoms with van der Waals surface area (Å²) in [5, 5.41) is 7.35. The van der Waals surface area contributed by atoms with Crippen molar-refractivity contribution in [3.63, 3.8) is 0 Å². The van der Waals surface area contributed by atoms with Gasteiger partial charge in [-0.25, -0.2) is 0 Å². The average Bonchev–Trinajstić information content (AvgIpc) is 2.71. The van der Waals surface area contributed by atoms with Gasteiger partial charge >= 0.3 is 0 Å². The Morgan fingerprint density at radius 1 is 0.452 bits per heavy atom. The van der Waals surface area contributed by atoms with Crippen LogP contribution in [0.3, 0.4) is 0 Å². The summed E-state index contributed by atoms with van der Waals surface area (Å²) in [5.74, 6) is 1.68. The Morgan fingerprint density at radius 3 is 1.16 bits per heavy atom. The van der Waals surface area contributed by atoms with E-state index in [1.165, 1.54) is 135 Å². The third-order valence-electron chi connectivity index (χ3n) is 6.29. The zero-order chi connectivity index (χ0) is 21.4. The molecule has 2 N–H and O–H groups in total. The van der Waals surface area contributed by atoms with Crippen molar-refractivity contribution in [2.45, 2.75) is 137 Å². The van der Waals surface area contributed by atoms with E-state index in [0.29, 0.717) is 0 Å². The molecule has 0 bridgehead atoms. The van der Waals surface area contributed by atoms with Crippen LogP contribution in [0.25, 0.3) is 0 Å². The summed E-state index contributed by atoms with van der Waals surface area (Å²) in [5.41, 5.74) is 0. The summed E-state index contributed by atoms with van der Waals surface area (Å²) >= 11 is 0. The van der Waals surface area contributed by atoms with Gasteiger partial charge in [-0.1, -0.05) is 111 Å². The SMILES string of the molecule is Br.Br.CCCCCCCCNCC(C)CCCCCC(C)CNCCCCCCCC. The van der Waals surface area contributed by atoms with Crippen molar-refractivity contribution in [1.82, 2.24) is 10.6 Å². The lowest BCUT2D eigenvalue weighted by atomic mass is 9.99. The molecule has 192 valence electrons. The highest BCUT2D eigenvalue weighted by molar-refractivity contribution is 8.93. The van der Waals surface area contributed by atoms with Crippen molar-refractivity contribution in [1.29, 1.82) is 0 Å². The van der Waals surface area contributed by atoms with E-state index in [-0.39, 0.29) is 34.0 Å². The van der Waals surface area contributed by atoms with E-state index in [1.54, 1.807) is 0 Å². The molecule has 0 aromatic heterocycles. The van der Waals surface area contributed by atoms with Crippen molar-refractivity contribution in [2.24, 2.45) is 11.8 Å². The lowest BCUT2D eigenvalue weighted by Gasteiger charge is -2.14. The molecule has 0 amide bonds. The second kappa shape index (κ2) is 30.9. The van der Waals surface area contributed by atoms with Crippen LogP contribution in [-0.2, 0) is 0 Å². The fraction of sp³-hybridized carbons (Fsp3) is 1.00. The molecule has 0 aliphatic heterocycles. The summed E-state index contributed by atoms with van der Waals surface area (Å²) in [6.45, 7) is 14.3. The molecule has 0 fully saturated rings. The molecule has 2 nitrogen and oxygen atoms in total. The van der Waals surface area contributed by atoms with Crippen LogP contribution >= 0.6 is 34.0 Å². The Morgan fingerprint density at radius 2 is 0.774 bits per heavy atom. The minimum absolute atomic E-state index is 0. The Balaban J connectivity index is -0.00000392. The van der Waals surface area contributed by atoms with E-state index in [0.717, 1.165) is 11.8 Å². The van der Waals surface area contributed by atoms with Gasteiger partial charge in [0, 0.05) is 0 Å². The molecule has 0 radical (unpaired) electrons. The Labute approximate surface area is 218 Å². The molecule has 31 heavy (non-hydrogen) atoms. The van der Waals surface area contributed by atoms with Crippen LogP contribution in [0.2, 0.25) is 0 Å². The van der Waals surface area contributed by atoms with Crippen molar-refractivity contribution in [3.8, 4) is 0 Å². The van der Waals surface area contributed by atoms with E-state index in [2.05, 4.69) is 38.3 Å². The normalized spacial score (nSPS) is 12.8. The standard InChI is InChI=1S/C27H58N2.2BrH/c1-5-7-9-11-13-18-22-28-24-26(3)20-16-15-17-21-27(4)25-29-23-19-14-12-10-8-6-2;;/h26-29H,5-25H2,1-4H3;2*1H. The van der Waals surface area contributed by atoms with E-state index in [4.69, 9.17) is 0 Å². The fourth-order valence-electron chi connectivity index (χ4n) is 4.12. The van der Waals surface area contributed by atoms with Gasteiger partial charge in [-0.3, -0.25) is 0 Å². The maximum Gasteiger partial charge on any atom is -0.00232 e. The van der Waals surface area contributed by atoms with Crippen LogP contribution in [0.4, 0.5) is 0 Å². The summed E-state index contributed by atoms with van der Waals surface area (Å²) in [6.07, 6.45) is 23.8. The van der Waals surface area contributed by atoms with Crippen LogP contribution in [-0.4, -0.2) is 26.2 Å². The second-order valence-electron chi connectivity index (χ2n) is 9.79. The zero-order valence-electron chi connectivity index (χ0n) is 21.8. The lowest BCUT2D eigenvalue weighted by Crippen LogP contribution is -2.22. The maximum atomic E-state index is 3.67. The van der Waals surface area contributed by atoms with Gasteiger partial charge in [-0.15, -0.1) is 34.0 Å². The van der Waals surface area contributed by atoms with Crippen molar-refractivity contribution in [3.05, 3.63) is 0 Å². The molecule has 0 aliphatic rings. The van der Waals surface area contributed by atoms with Crippen LogP contribution in [0, 0.1) is 11.8 Å². The van der Waals surface area contributed by atoms with Crippen molar-refractivity contribution < 1.29 is 0 Å². The quantitative estimate of drug-likeness (QED) is 0.113. The molecule has 0 saturated heterocycles. The molecule has 0 aliphatic carbocycles. The highest BCUT2D eigenvalue weighted by Crippen LogP contribution is 2.13. The van der Waals surface area contributed by atoms with E-state index < -0.39 is 0 Å². The van der Waals surface area contributed by atoms with Gasteiger partial charge in [-0.05, 0) is 63.7 Å². The summed E-state index contributed by atoms with van der Waals surface area (Å²) in [7, 11) is 0. The van der Waals surface area contributed by atoms with Crippen LogP contribution in [0.15, 0.2) is 0 Å². The minimum atomic E-state index is 0. The van der Waals surface area contributed by atoms with Gasteiger partial charge < -0.3 is 10.6 Å². The highest BCUT2D eigenvalue weighted by Gasteiger charge is 2.04. The topological polar surface area (TPSA) is 24.1 Å². The molecule has 0 saturated carbocycles. The Kier molecular flexibility index (Phi) is 36.3. The smallest absolute Gasteiger partial charge is 0.00232 e. The first-order valence-corrected chi connectivity index (χ1v) is 13.6. The number of unbranched alkanes of at least 4 members (excludes halogenated alkanes) is 12. The van der Waals surface area contributed by atoms with Crippen LogP contribution in [0.5, 0.6) is 0 Å². The number of hydrogen-bond donors (Lipinski definition) is 2. The van der Waals surface area contributed by atoms with E-state index in [1.807, 2.05) is 0 Å². The maximum absolute atomic E-state index is 3.67. The van der Waals surface area contributed by atoms with Crippen molar-refractivity contribution in [2.75, 3.05) is 26.2 Å². The Hall–Kier alpha value is 0.880. The number of nitrogens with one attached hydrogen (secondary N) is 2. The van der Waals surface area contributed by atoms with E-state index in [9.17, 15) is 0 Å². The largest absolute Gasteiger partial charge is 0.316 e. The lowest BCUT2D eigenvalue weighted by molar-refractivity contribution is 0.421. The first kappa shape index (κ1) is 36.4. The zero-order valence-corrected chi connectivity index (χ0v) is 25.2. The van der Waals surface area contributed by atoms with Crippen LogP contribution < -0.4 is 10.6 Å². The molecule has 4 heteroatoms. The monoisotopic (exact) mass is 570 g/mol. The number of halogens is 2. The predicted molar refractivity (Wildman–Crippen MR) is 155 cm³/mol. The summed E-state index contributed by atoms with van der Waals surface area (Å²) in [4.78, 5) is 0. The third kappa shape index (κ3) is 30.9. The van der Waals surface area contributed by atoms with Gasteiger partial charge in [0.1, 0.15) is 0 Å². The minimum Gasteiger partial charge on any atom is -0.316 e. The fourth-order valence-corrected chi connectivity index (χ4v) is 4.12. The number of hydrogen-bond acceptors (Lipinski definition) is 2. The molecular weight excluding hydrogens is 512 g/mol. The second-order valence-corrected chi connectivity index (χ2v) is 9.79. The van der Waals surface area contributed by atoms with E-state index >= 15 is 0 Å². The Bertz CT molecular complexity index is 275. The highest BCUT2D eigenvalue weighted by atomic mass is 79.9. The van der Waals surface area contributed by atoms with Gasteiger partial charge in [0.2, 0.25) is 0 Å². The first-order chi connectivity index (χ1) is 14.2. The predicted octanol–water partition coefficient (Wildman–Crippen LogP) is 9.27. The molecule has 0 spiro atoms. The summed E-state index contributed by atoms with van der Waals surface area (Å²) < 4.78 is 0. The molecule has 0 aromatic carbocycles. The molecule has 2 unspecified atom stereocenters. The first-order valence-electron chi connectivity index (χ1n) is 13.6. The van der Waals surface area contributed by atoms with Gasteiger partial charge in [0.25, 0.3) is 0 Å². The van der Waals surface area contributed by atoms with Gasteiger partial charge in [0.15, 0.2) is 0 Å². The van der Waals surface area contributed by atoms with Gasteiger partial charge in [0.05, 0.1) is 0 Å². The van der Waals surface area contributed by atoms with Crippen LogP contribution in [0.1, 0.15) is 137 Å². The average molecular weight is 573 g/mol. The summed E-state index contributed by atoms with van der Waals surface area (Å²) in [6, 6.07) is 0. The molecule has 0 aromatic rings.